The van der Waals surface area contributed by atoms with Gasteiger partial charge in [0.25, 0.3) is 5.91 Å². The fourth-order valence-corrected chi connectivity index (χ4v) is 2.69. The third-order valence-electron chi connectivity index (χ3n) is 3.88. The van der Waals surface area contributed by atoms with Crippen molar-refractivity contribution in [3.8, 4) is 0 Å². The van der Waals surface area contributed by atoms with Crippen molar-refractivity contribution in [2.24, 2.45) is 11.7 Å². The van der Waals surface area contributed by atoms with E-state index in [0.717, 1.165) is 25.1 Å². The van der Waals surface area contributed by atoms with E-state index in [1.54, 1.807) is 12.1 Å². The van der Waals surface area contributed by atoms with Crippen molar-refractivity contribution in [1.82, 2.24) is 4.90 Å². The predicted molar refractivity (Wildman–Crippen MR) is 90.4 cm³/mol. The first-order valence-electron chi connectivity index (χ1n) is 7.41. The van der Waals surface area contributed by atoms with E-state index >= 15 is 0 Å². The topological polar surface area (TPSA) is 75.4 Å². The van der Waals surface area contributed by atoms with Crippen LogP contribution in [-0.4, -0.2) is 36.3 Å². The number of rotatable bonds is 3. The lowest BCUT2D eigenvalue weighted by molar-refractivity contribution is -0.114. The van der Waals surface area contributed by atoms with Crippen LogP contribution >= 0.6 is 12.4 Å². The predicted octanol–water partition coefficient (Wildman–Crippen LogP) is 2.19. The van der Waals surface area contributed by atoms with Crippen LogP contribution in [0.25, 0.3) is 0 Å². The Kier molecular flexibility index (Phi) is 6.84. The highest BCUT2D eigenvalue weighted by molar-refractivity contribution is 5.97. The normalized spacial score (nSPS) is 17.6. The largest absolute Gasteiger partial charge is 0.338 e. The van der Waals surface area contributed by atoms with E-state index in [4.69, 9.17) is 5.73 Å². The molecular formula is C16H24ClN3O2. The first-order valence-corrected chi connectivity index (χ1v) is 7.41. The highest BCUT2D eigenvalue weighted by Crippen LogP contribution is 2.21. The van der Waals surface area contributed by atoms with E-state index in [1.165, 1.54) is 6.42 Å². The van der Waals surface area contributed by atoms with Crippen molar-refractivity contribution in [3.05, 3.63) is 29.3 Å². The highest BCUT2D eigenvalue weighted by atomic mass is 35.5. The molecule has 3 N–H and O–H groups in total. The van der Waals surface area contributed by atoms with E-state index < -0.39 is 0 Å². The maximum atomic E-state index is 12.5. The van der Waals surface area contributed by atoms with Crippen LogP contribution in [0.4, 0.5) is 5.69 Å². The van der Waals surface area contributed by atoms with Gasteiger partial charge in [-0.15, -0.1) is 12.4 Å². The summed E-state index contributed by atoms with van der Waals surface area (Å²) in [5, 5.41) is 2.72. The summed E-state index contributed by atoms with van der Waals surface area (Å²) in [6, 6.07) is 5.36. The van der Waals surface area contributed by atoms with Crippen molar-refractivity contribution in [1.29, 1.82) is 0 Å². The highest BCUT2D eigenvalue weighted by Gasteiger charge is 2.22. The Balaban J connectivity index is 0.00000242. The van der Waals surface area contributed by atoms with Gasteiger partial charge in [0.2, 0.25) is 5.91 Å². The lowest BCUT2D eigenvalue weighted by Gasteiger charge is -2.31. The van der Waals surface area contributed by atoms with Gasteiger partial charge in [0.1, 0.15) is 0 Å². The van der Waals surface area contributed by atoms with Gasteiger partial charge in [-0.1, -0.05) is 6.92 Å². The van der Waals surface area contributed by atoms with Crippen molar-refractivity contribution in [2.75, 3.05) is 25.0 Å². The molecule has 6 heteroatoms. The number of likely N-dealkylation sites (tertiary alicyclic amines) is 1. The lowest BCUT2D eigenvalue weighted by Crippen LogP contribution is -2.39. The first-order chi connectivity index (χ1) is 10.0. The molecule has 0 aliphatic carbocycles. The van der Waals surface area contributed by atoms with Crippen LogP contribution in [0.3, 0.4) is 0 Å². The number of hydrogen-bond donors (Lipinski definition) is 2. The number of nitrogens with two attached hydrogens (primary N) is 1. The molecule has 0 radical (unpaired) electrons. The quantitative estimate of drug-likeness (QED) is 0.894. The van der Waals surface area contributed by atoms with Crippen LogP contribution in [0.15, 0.2) is 18.2 Å². The number of carbonyl (C=O) groups is 2. The monoisotopic (exact) mass is 325 g/mol. The third-order valence-corrected chi connectivity index (χ3v) is 3.88. The Hall–Kier alpha value is -1.59. The van der Waals surface area contributed by atoms with Crippen LogP contribution < -0.4 is 11.1 Å². The zero-order valence-electron chi connectivity index (χ0n) is 13.1. The number of benzene rings is 1. The van der Waals surface area contributed by atoms with Crippen LogP contribution in [0.1, 0.15) is 35.7 Å². The fourth-order valence-electron chi connectivity index (χ4n) is 2.69. The standard InChI is InChI=1S/C16H23N3O2.ClH/c1-11-4-3-7-19(10-11)16(21)13-5-6-14(12(2)8-13)18-15(20)9-17;/h5-6,8,11H,3-4,7,9-10,17H2,1-2H3,(H,18,20);1H. The first kappa shape index (κ1) is 18.5. The summed E-state index contributed by atoms with van der Waals surface area (Å²) in [6.45, 7) is 5.65. The van der Waals surface area contributed by atoms with E-state index in [0.29, 0.717) is 17.2 Å². The van der Waals surface area contributed by atoms with Gasteiger partial charge in [-0.25, -0.2) is 0 Å². The number of nitrogens with one attached hydrogen (secondary N) is 1. The second-order valence-corrected chi connectivity index (χ2v) is 5.78. The molecule has 5 nitrogen and oxygen atoms in total. The summed E-state index contributed by atoms with van der Waals surface area (Å²) in [5.74, 6) is 0.398. The summed E-state index contributed by atoms with van der Waals surface area (Å²) < 4.78 is 0. The van der Waals surface area contributed by atoms with Crippen LogP contribution in [0.2, 0.25) is 0 Å². The van der Waals surface area contributed by atoms with E-state index in [-0.39, 0.29) is 30.8 Å². The lowest BCUT2D eigenvalue weighted by atomic mass is 9.99. The minimum atomic E-state index is -0.234. The van der Waals surface area contributed by atoms with Gasteiger partial charge in [-0.2, -0.15) is 0 Å². The average Bonchev–Trinajstić information content (AvgIpc) is 2.48. The Bertz CT molecular complexity index is 548. The molecule has 1 unspecified atom stereocenters. The Morgan fingerprint density at radius 2 is 2.14 bits per heavy atom. The molecule has 0 aromatic heterocycles. The van der Waals surface area contributed by atoms with Gasteiger partial charge in [-0.05, 0) is 49.4 Å². The number of nitrogens with zero attached hydrogens (tertiary/aromatic N) is 1. The molecule has 122 valence electrons. The maximum absolute atomic E-state index is 12.5. The number of piperidine rings is 1. The Morgan fingerprint density at radius 3 is 2.73 bits per heavy atom. The van der Waals surface area contributed by atoms with Crippen LogP contribution in [0.5, 0.6) is 0 Å². The number of halogens is 1. The van der Waals surface area contributed by atoms with Crippen molar-refractivity contribution in [2.45, 2.75) is 26.7 Å². The molecule has 1 aliphatic heterocycles. The summed E-state index contributed by atoms with van der Waals surface area (Å²) in [4.78, 5) is 25.7. The number of amides is 2. The molecule has 1 atom stereocenters. The number of carbonyl (C=O) groups excluding carboxylic acids is 2. The smallest absolute Gasteiger partial charge is 0.253 e. The molecule has 2 rings (SSSR count). The summed E-state index contributed by atoms with van der Waals surface area (Å²) >= 11 is 0. The van der Waals surface area contributed by atoms with Crippen molar-refractivity contribution < 1.29 is 9.59 Å². The zero-order valence-corrected chi connectivity index (χ0v) is 13.9. The van der Waals surface area contributed by atoms with Crippen molar-refractivity contribution in [3.63, 3.8) is 0 Å². The molecule has 1 aliphatic rings. The molecule has 1 heterocycles. The Morgan fingerprint density at radius 1 is 1.41 bits per heavy atom. The molecule has 0 bridgehead atoms. The van der Waals surface area contributed by atoms with E-state index in [9.17, 15) is 9.59 Å². The van der Waals surface area contributed by atoms with Crippen molar-refractivity contribution >= 4 is 29.9 Å². The maximum Gasteiger partial charge on any atom is 0.253 e. The molecule has 1 aromatic rings. The fraction of sp³-hybridized carbons (Fsp3) is 0.500. The van der Waals surface area contributed by atoms with E-state index in [2.05, 4.69) is 12.2 Å². The summed E-state index contributed by atoms with van der Waals surface area (Å²) in [7, 11) is 0. The minimum Gasteiger partial charge on any atom is -0.338 e. The SMILES string of the molecule is Cc1cc(C(=O)N2CCCC(C)C2)ccc1NC(=O)CN.Cl. The summed E-state index contributed by atoms with van der Waals surface area (Å²) in [5.41, 5.74) is 7.53. The van der Waals surface area contributed by atoms with Gasteiger partial charge in [0, 0.05) is 24.3 Å². The molecule has 1 fully saturated rings. The van der Waals surface area contributed by atoms with Gasteiger partial charge in [-0.3, -0.25) is 9.59 Å². The molecule has 0 saturated carbocycles. The number of hydrogen-bond acceptors (Lipinski definition) is 3. The molecule has 1 aromatic carbocycles. The molecule has 22 heavy (non-hydrogen) atoms. The molecule has 0 spiro atoms. The van der Waals surface area contributed by atoms with Gasteiger partial charge in [0.05, 0.1) is 6.54 Å². The minimum absolute atomic E-state index is 0. The third kappa shape index (κ3) is 4.45. The van der Waals surface area contributed by atoms with E-state index in [1.807, 2.05) is 17.9 Å². The molecular weight excluding hydrogens is 302 g/mol. The molecule has 1 saturated heterocycles. The summed E-state index contributed by atoms with van der Waals surface area (Å²) in [6.07, 6.45) is 2.25. The second-order valence-electron chi connectivity index (χ2n) is 5.78. The second kappa shape index (κ2) is 8.15. The molecule has 2 amide bonds. The van der Waals surface area contributed by atoms with Crippen LogP contribution in [0, 0.1) is 12.8 Å². The van der Waals surface area contributed by atoms with Gasteiger partial charge in [0.15, 0.2) is 0 Å². The van der Waals surface area contributed by atoms with Gasteiger partial charge < -0.3 is 16.0 Å². The Labute approximate surface area is 137 Å². The number of anilines is 1. The van der Waals surface area contributed by atoms with Crippen LogP contribution in [-0.2, 0) is 4.79 Å². The van der Waals surface area contributed by atoms with Gasteiger partial charge >= 0.3 is 0 Å². The number of aryl methyl sites for hydroxylation is 1. The zero-order chi connectivity index (χ0) is 15.4. The average molecular weight is 326 g/mol.